The molecule has 0 radical (unpaired) electrons. The van der Waals surface area contributed by atoms with Gasteiger partial charge in [0.05, 0.1) is 22.3 Å². The van der Waals surface area contributed by atoms with Gasteiger partial charge in [-0.05, 0) is 24.5 Å². The molecule has 0 bridgehead atoms. The summed E-state index contributed by atoms with van der Waals surface area (Å²) in [5.41, 5.74) is -1.63. The highest BCUT2D eigenvalue weighted by atomic mass is 35.5. The van der Waals surface area contributed by atoms with E-state index in [1.165, 1.54) is 18.2 Å². The molecule has 14 heteroatoms. The van der Waals surface area contributed by atoms with Gasteiger partial charge in [0, 0.05) is 11.6 Å². The van der Waals surface area contributed by atoms with E-state index >= 15 is 0 Å². The van der Waals surface area contributed by atoms with Crippen LogP contribution < -0.4 is 26.9 Å². The summed E-state index contributed by atoms with van der Waals surface area (Å²) in [6, 6.07) is 4.09. The van der Waals surface area contributed by atoms with E-state index in [0.29, 0.717) is 12.0 Å². The number of unbranched alkanes of at least 4 members (excludes halogenated alkanes) is 1. The number of amides is 1. The average molecular weight is 525 g/mol. The van der Waals surface area contributed by atoms with Crippen LogP contribution in [-0.4, -0.2) is 37.7 Å². The highest BCUT2D eigenvalue weighted by Gasteiger charge is 2.17. The molecular weight excluding hydrogens is 503 g/mol. The second kappa shape index (κ2) is 11.2. The fraction of sp³-hybridized carbons (Fsp3) is 0.333. The lowest BCUT2D eigenvalue weighted by atomic mass is 10.1. The molecule has 3 N–H and O–H groups in total. The predicted octanol–water partition coefficient (Wildman–Crippen LogP) is 3.58. The van der Waals surface area contributed by atoms with Gasteiger partial charge in [-0.2, -0.15) is 4.68 Å². The number of carbonyl (C=O) groups excluding carboxylic acids is 1. The van der Waals surface area contributed by atoms with Crippen molar-refractivity contribution < 1.29 is 14.3 Å². The Bertz CT molecular complexity index is 1390. The molecule has 0 unspecified atom stereocenters. The van der Waals surface area contributed by atoms with Gasteiger partial charge in [0.15, 0.2) is 5.75 Å². The van der Waals surface area contributed by atoms with Crippen molar-refractivity contribution in [3.8, 4) is 17.3 Å². The molecule has 12 nitrogen and oxygen atoms in total. The molecule has 1 amide bonds. The Balaban J connectivity index is 1.92. The van der Waals surface area contributed by atoms with Crippen LogP contribution in [0.5, 0.6) is 11.6 Å². The lowest BCUT2D eigenvalue weighted by Crippen LogP contribution is -2.34. The van der Waals surface area contributed by atoms with Crippen LogP contribution in [0.1, 0.15) is 45.1 Å². The summed E-state index contributed by atoms with van der Waals surface area (Å²) < 4.78 is 11.4. The van der Waals surface area contributed by atoms with E-state index in [2.05, 4.69) is 25.6 Å². The maximum Gasteiger partial charge on any atom is 0.413 e. The summed E-state index contributed by atoms with van der Waals surface area (Å²) in [5.74, 6) is -0.474. The SMILES string of the molecule is CCCCOC(=O)Nc1nn(-c2cc(Cl)c(Oc3cc(C(C)C)c(=O)[nH]n3)c(Cl)c2)c(=O)[nH]c1=O. The molecule has 2 aromatic heterocycles. The monoisotopic (exact) mass is 524 g/mol. The van der Waals surface area contributed by atoms with Crippen LogP contribution in [0.15, 0.2) is 32.6 Å². The van der Waals surface area contributed by atoms with Crippen LogP contribution in [0, 0.1) is 0 Å². The van der Waals surface area contributed by atoms with Crippen molar-refractivity contribution in [2.75, 3.05) is 11.9 Å². The first-order valence-corrected chi connectivity index (χ1v) is 11.3. The molecule has 3 rings (SSSR count). The maximum absolute atomic E-state index is 12.4. The van der Waals surface area contributed by atoms with Crippen LogP contribution in [0.4, 0.5) is 10.6 Å². The molecule has 0 atom stereocenters. The standard InChI is InChI=1S/C21H22Cl2N6O6/c1-4-5-6-34-21(33)24-17-19(31)25-20(32)29(28-17)11-7-13(22)16(14(23)8-11)35-15-9-12(10(2)3)18(30)27-26-15/h7-10H,4-6H2,1-3H3,(H,27,30)(H,24,28,33)(H,25,31,32). The number of hydrogen-bond acceptors (Lipinski definition) is 8. The lowest BCUT2D eigenvalue weighted by Gasteiger charge is -2.13. The van der Waals surface area contributed by atoms with Crippen LogP contribution in [0.25, 0.3) is 5.69 Å². The van der Waals surface area contributed by atoms with Gasteiger partial charge in [0.1, 0.15) is 0 Å². The Morgan fingerprint density at radius 3 is 2.46 bits per heavy atom. The third-order valence-corrected chi connectivity index (χ3v) is 5.21. The van der Waals surface area contributed by atoms with Gasteiger partial charge >= 0.3 is 11.8 Å². The number of hydrogen-bond donors (Lipinski definition) is 3. The van der Waals surface area contributed by atoms with Gasteiger partial charge < -0.3 is 9.47 Å². The second-order valence-electron chi connectivity index (χ2n) is 7.62. The van der Waals surface area contributed by atoms with Gasteiger partial charge in [-0.15, -0.1) is 10.2 Å². The Labute approximate surface area is 208 Å². The molecule has 35 heavy (non-hydrogen) atoms. The average Bonchev–Trinajstić information content (AvgIpc) is 2.79. The van der Waals surface area contributed by atoms with E-state index in [0.717, 1.165) is 11.1 Å². The lowest BCUT2D eigenvalue weighted by molar-refractivity contribution is 0.159. The van der Waals surface area contributed by atoms with Crippen molar-refractivity contribution in [2.45, 2.75) is 39.5 Å². The van der Waals surface area contributed by atoms with Crippen molar-refractivity contribution >= 4 is 35.1 Å². The normalized spacial score (nSPS) is 10.9. The molecule has 0 aliphatic heterocycles. The topological polar surface area (TPSA) is 161 Å². The number of benzene rings is 1. The quantitative estimate of drug-likeness (QED) is 0.376. The number of halogens is 2. The fourth-order valence-electron chi connectivity index (χ4n) is 2.85. The minimum atomic E-state index is -0.916. The number of aromatic amines is 2. The van der Waals surface area contributed by atoms with Crippen LogP contribution in [0.2, 0.25) is 10.0 Å². The summed E-state index contributed by atoms with van der Waals surface area (Å²) in [6.45, 7) is 5.77. The second-order valence-corrected chi connectivity index (χ2v) is 8.43. The van der Waals surface area contributed by atoms with Gasteiger partial charge in [0.25, 0.3) is 11.1 Å². The van der Waals surface area contributed by atoms with Crippen LogP contribution in [-0.2, 0) is 4.74 Å². The molecule has 1 aromatic carbocycles. The van der Waals surface area contributed by atoms with Crippen molar-refractivity contribution in [1.82, 2.24) is 25.0 Å². The van der Waals surface area contributed by atoms with Crippen molar-refractivity contribution in [3.63, 3.8) is 0 Å². The Hall–Kier alpha value is -3.64. The summed E-state index contributed by atoms with van der Waals surface area (Å²) in [4.78, 5) is 50.3. The summed E-state index contributed by atoms with van der Waals surface area (Å²) in [7, 11) is 0. The largest absolute Gasteiger partial charge is 0.449 e. The molecule has 0 saturated heterocycles. The van der Waals surface area contributed by atoms with E-state index in [1.54, 1.807) is 0 Å². The minimum Gasteiger partial charge on any atom is -0.449 e. The minimum absolute atomic E-state index is 0.0139. The van der Waals surface area contributed by atoms with Gasteiger partial charge in [-0.3, -0.25) is 19.9 Å². The third-order valence-electron chi connectivity index (χ3n) is 4.64. The molecule has 3 aromatic rings. The number of nitrogens with one attached hydrogen (secondary N) is 3. The molecule has 0 aliphatic carbocycles. The van der Waals surface area contributed by atoms with Crippen LogP contribution in [0.3, 0.4) is 0 Å². The first kappa shape index (κ1) is 26.0. The van der Waals surface area contributed by atoms with E-state index in [9.17, 15) is 19.2 Å². The number of aromatic nitrogens is 5. The number of rotatable bonds is 8. The number of ether oxygens (including phenoxy) is 2. The van der Waals surface area contributed by atoms with E-state index in [4.69, 9.17) is 32.7 Å². The molecule has 0 aliphatic rings. The molecule has 2 heterocycles. The number of H-pyrrole nitrogens is 2. The van der Waals surface area contributed by atoms with E-state index < -0.39 is 23.2 Å². The Morgan fingerprint density at radius 1 is 1.14 bits per heavy atom. The Morgan fingerprint density at radius 2 is 1.83 bits per heavy atom. The van der Waals surface area contributed by atoms with Gasteiger partial charge in [0.2, 0.25) is 11.7 Å². The number of carbonyl (C=O) groups is 1. The highest BCUT2D eigenvalue weighted by Crippen LogP contribution is 2.37. The van der Waals surface area contributed by atoms with Crippen LogP contribution >= 0.6 is 23.2 Å². The molecule has 0 spiro atoms. The molecular formula is C21H22Cl2N6O6. The maximum atomic E-state index is 12.4. The van der Waals surface area contributed by atoms with Gasteiger partial charge in [-0.25, -0.2) is 14.7 Å². The summed E-state index contributed by atoms with van der Waals surface area (Å²) in [6.07, 6.45) is 0.570. The molecule has 186 valence electrons. The van der Waals surface area contributed by atoms with Crippen molar-refractivity contribution in [1.29, 1.82) is 0 Å². The smallest absolute Gasteiger partial charge is 0.413 e. The fourth-order valence-corrected chi connectivity index (χ4v) is 3.40. The number of nitrogens with zero attached hydrogens (tertiary/aromatic N) is 3. The highest BCUT2D eigenvalue weighted by molar-refractivity contribution is 6.37. The zero-order chi connectivity index (χ0) is 25.7. The predicted molar refractivity (Wildman–Crippen MR) is 129 cm³/mol. The number of anilines is 1. The zero-order valence-electron chi connectivity index (χ0n) is 19.0. The zero-order valence-corrected chi connectivity index (χ0v) is 20.5. The van der Waals surface area contributed by atoms with Crippen molar-refractivity contribution in [2.24, 2.45) is 0 Å². The van der Waals surface area contributed by atoms with E-state index in [-0.39, 0.29) is 45.4 Å². The summed E-state index contributed by atoms with van der Waals surface area (Å²) in [5, 5.41) is 12.2. The first-order valence-electron chi connectivity index (χ1n) is 10.5. The Kier molecular flexibility index (Phi) is 8.30. The molecule has 0 saturated carbocycles. The van der Waals surface area contributed by atoms with E-state index in [1.807, 2.05) is 20.8 Å². The molecule has 0 fully saturated rings. The summed E-state index contributed by atoms with van der Waals surface area (Å²) >= 11 is 12.7. The van der Waals surface area contributed by atoms with Crippen molar-refractivity contribution in [3.05, 3.63) is 65.0 Å². The first-order chi connectivity index (χ1) is 16.6. The van der Waals surface area contributed by atoms with Gasteiger partial charge in [-0.1, -0.05) is 50.4 Å². The third kappa shape index (κ3) is 6.28.